The van der Waals surface area contributed by atoms with Crippen molar-refractivity contribution in [2.24, 2.45) is 5.73 Å². The van der Waals surface area contributed by atoms with Gasteiger partial charge in [-0.2, -0.15) is 0 Å². The van der Waals surface area contributed by atoms with Gasteiger partial charge < -0.3 is 15.8 Å². The molecule has 0 unspecified atom stereocenters. The molecule has 8 heteroatoms. The smallest absolute Gasteiger partial charge is 0.327 e. The van der Waals surface area contributed by atoms with Crippen LogP contribution in [0.5, 0.6) is 0 Å². The third-order valence-corrected chi connectivity index (χ3v) is 4.10. The third-order valence-electron chi connectivity index (χ3n) is 4.10. The van der Waals surface area contributed by atoms with Gasteiger partial charge in [0, 0.05) is 0 Å². The number of carbonyl (C=O) groups excluding carboxylic acids is 4. The first-order chi connectivity index (χ1) is 11.7. The molecule has 1 aromatic carbocycles. The van der Waals surface area contributed by atoms with E-state index >= 15 is 0 Å². The highest BCUT2D eigenvalue weighted by Crippen LogP contribution is 2.23. The van der Waals surface area contributed by atoms with E-state index < -0.39 is 42.0 Å². The number of hydrogen-bond acceptors (Lipinski definition) is 5. The number of carbonyl (C=O) groups is 4. The van der Waals surface area contributed by atoms with Crippen LogP contribution in [0, 0.1) is 0 Å². The van der Waals surface area contributed by atoms with Crippen LogP contribution in [-0.4, -0.2) is 46.9 Å². The highest BCUT2D eigenvalue weighted by molar-refractivity contribution is 6.08. The van der Waals surface area contributed by atoms with Crippen LogP contribution in [0.1, 0.15) is 25.8 Å². The van der Waals surface area contributed by atoms with E-state index in [0.717, 1.165) is 10.5 Å². The summed E-state index contributed by atoms with van der Waals surface area (Å²) in [5.41, 5.74) is 4.95. The zero-order valence-corrected chi connectivity index (χ0v) is 14.2. The van der Waals surface area contributed by atoms with Crippen LogP contribution >= 0.6 is 0 Å². The number of esters is 1. The summed E-state index contributed by atoms with van der Waals surface area (Å²) >= 11 is 0. The van der Waals surface area contributed by atoms with Gasteiger partial charge in [0.2, 0.25) is 0 Å². The van der Waals surface area contributed by atoms with Crippen molar-refractivity contribution in [3.63, 3.8) is 0 Å². The number of benzene rings is 1. The van der Waals surface area contributed by atoms with Crippen LogP contribution in [0.3, 0.4) is 0 Å². The van der Waals surface area contributed by atoms with E-state index in [0.29, 0.717) is 12.8 Å². The second-order valence-electron chi connectivity index (χ2n) is 6.17. The number of ether oxygens (including phenoxy) is 1. The average molecular weight is 347 g/mol. The van der Waals surface area contributed by atoms with Crippen molar-refractivity contribution in [2.75, 3.05) is 6.54 Å². The van der Waals surface area contributed by atoms with Crippen LogP contribution in [0.25, 0.3) is 0 Å². The van der Waals surface area contributed by atoms with Crippen molar-refractivity contribution in [3.05, 3.63) is 35.9 Å². The lowest BCUT2D eigenvalue weighted by atomic mass is 9.93. The maximum atomic E-state index is 12.6. The molecule has 0 saturated carbocycles. The molecular formula is C17H21N3O5. The number of urea groups is 1. The first-order valence-electron chi connectivity index (χ1n) is 7.90. The maximum absolute atomic E-state index is 12.6. The highest BCUT2D eigenvalue weighted by atomic mass is 16.5. The maximum Gasteiger partial charge on any atom is 0.327 e. The fourth-order valence-corrected chi connectivity index (χ4v) is 2.52. The Bertz CT molecular complexity index is 691. The quantitative estimate of drug-likeness (QED) is 0.545. The summed E-state index contributed by atoms with van der Waals surface area (Å²) in [6, 6.07) is 8.90. The SMILES string of the molecule is C[C@H](OC(=O)CN1C(=O)N[C@@](C)(CCc2ccccc2)C1=O)C(N)=O. The lowest BCUT2D eigenvalue weighted by Gasteiger charge is -2.21. The molecule has 0 spiro atoms. The van der Waals surface area contributed by atoms with Gasteiger partial charge in [-0.25, -0.2) is 4.79 Å². The van der Waals surface area contributed by atoms with Crippen LogP contribution in [0.2, 0.25) is 0 Å². The summed E-state index contributed by atoms with van der Waals surface area (Å²) in [5.74, 6) is -2.18. The molecule has 134 valence electrons. The normalized spacial score (nSPS) is 21.0. The van der Waals surface area contributed by atoms with Crippen LogP contribution in [0.15, 0.2) is 30.3 Å². The summed E-state index contributed by atoms with van der Waals surface area (Å²) in [4.78, 5) is 48.1. The number of nitrogens with two attached hydrogens (primary N) is 1. The minimum absolute atomic E-state index is 0.394. The van der Waals surface area contributed by atoms with E-state index in [4.69, 9.17) is 10.5 Å². The number of rotatable bonds is 7. The number of primary amides is 1. The molecule has 1 aliphatic rings. The Hall–Kier alpha value is -2.90. The number of hydrogen-bond donors (Lipinski definition) is 2. The number of amides is 4. The van der Waals surface area contributed by atoms with Crippen molar-refractivity contribution in [1.29, 1.82) is 0 Å². The predicted octanol–water partition coefficient (Wildman–Crippen LogP) is 0.347. The van der Waals surface area contributed by atoms with Gasteiger partial charge in [0.1, 0.15) is 12.1 Å². The zero-order chi connectivity index (χ0) is 18.6. The molecule has 1 saturated heterocycles. The average Bonchev–Trinajstić information content (AvgIpc) is 2.77. The lowest BCUT2D eigenvalue weighted by Crippen LogP contribution is -2.45. The summed E-state index contributed by atoms with van der Waals surface area (Å²) in [6.07, 6.45) is -0.136. The van der Waals surface area contributed by atoms with Crippen molar-refractivity contribution >= 4 is 23.8 Å². The molecule has 3 N–H and O–H groups in total. The molecule has 1 aliphatic heterocycles. The minimum Gasteiger partial charge on any atom is -0.451 e. The molecule has 8 nitrogen and oxygen atoms in total. The topological polar surface area (TPSA) is 119 Å². The molecule has 0 aromatic heterocycles. The van der Waals surface area contributed by atoms with Gasteiger partial charge in [-0.3, -0.25) is 19.3 Å². The van der Waals surface area contributed by atoms with Gasteiger partial charge in [-0.1, -0.05) is 30.3 Å². The number of nitrogens with zero attached hydrogens (tertiary/aromatic N) is 1. The molecule has 1 aromatic rings. The molecule has 2 atom stereocenters. The van der Waals surface area contributed by atoms with Crippen molar-refractivity contribution in [2.45, 2.75) is 38.3 Å². The Labute approximate surface area is 145 Å². The Morgan fingerprint density at radius 3 is 2.52 bits per heavy atom. The van der Waals surface area contributed by atoms with Crippen LogP contribution < -0.4 is 11.1 Å². The molecule has 25 heavy (non-hydrogen) atoms. The first-order valence-corrected chi connectivity index (χ1v) is 7.90. The standard InChI is InChI=1S/C17H21N3O5/c1-11(14(18)22)25-13(21)10-20-15(23)17(2,19-16(20)24)9-8-12-6-4-3-5-7-12/h3-7,11H,8-10H2,1-2H3,(H2,18,22)(H,19,24)/t11-,17-/m0/s1. The van der Waals surface area contributed by atoms with Gasteiger partial charge in [-0.15, -0.1) is 0 Å². The summed E-state index contributed by atoms with van der Waals surface area (Å²) in [6.45, 7) is 2.37. The second kappa shape index (κ2) is 7.33. The lowest BCUT2D eigenvalue weighted by molar-refractivity contribution is -0.155. The molecule has 1 heterocycles. The minimum atomic E-state index is -1.13. The predicted molar refractivity (Wildman–Crippen MR) is 88.2 cm³/mol. The fraction of sp³-hybridized carbons (Fsp3) is 0.412. The molecule has 4 amide bonds. The molecule has 1 fully saturated rings. The van der Waals surface area contributed by atoms with Gasteiger partial charge >= 0.3 is 12.0 Å². The van der Waals surface area contributed by atoms with E-state index in [1.54, 1.807) is 6.92 Å². The van der Waals surface area contributed by atoms with Crippen molar-refractivity contribution in [1.82, 2.24) is 10.2 Å². The molecule has 0 aliphatic carbocycles. The van der Waals surface area contributed by atoms with Gasteiger partial charge in [-0.05, 0) is 32.3 Å². The molecule has 0 radical (unpaired) electrons. The third kappa shape index (κ3) is 4.34. The largest absolute Gasteiger partial charge is 0.451 e. The molecular weight excluding hydrogens is 326 g/mol. The number of nitrogens with one attached hydrogen (secondary N) is 1. The Balaban J connectivity index is 1.98. The summed E-state index contributed by atoms with van der Waals surface area (Å²) < 4.78 is 4.78. The highest BCUT2D eigenvalue weighted by Gasteiger charge is 2.48. The van der Waals surface area contributed by atoms with Gasteiger partial charge in [0.25, 0.3) is 11.8 Å². The molecule has 2 rings (SSSR count). The van der Waals surface area contributed by atoms with E-state index in [1.165, 1.54) is 6.92 Å². The Kier molecular flexibility index (Phi) is 5.41. The number of aryl methyl sites for hydroxylation is 1. The summed E-state index contributed by atoms with van der Waals surface area (Å²) in [7, 11) is 0. The summed E-state index contributed by atoms with van der Waals surface area (Å²) in [5, 5.41) is 2.62. The molecule has 0 bridgehead atoms. The zero-order valence-electron chi connectivity index (χ0n) is 14.2. The van der Waals surface area contributed by atoms with E-state index in [2.05, 4.69) is 5.32 Å². The van der Waals surface area contributed by atoms with Crippen LogP contribution in [0.4, 0.5) is 4.79 Å². The van der Waals surface area contributed by atoms with E-state index in [-0.39, 0.29) is 0 Å². The fourth-order valence-electron chi connectivity index (χ4n) is 2.52. The van der Waals surface area contributed by atoms with Crippen molar-refractivity contribution in [3.8, 4) is 0 Å². The van der Waals surface area contributed by atoms with E-state index in [1.807, 2.05) is 30.3 Å². The Morgan fingerprint density at radius 1 is 1.28 bits per heavy atom. The monoisotopic (exact) mass is 347 g/mol. The number of imide groups is 1. The second-order valence-corrected chi connectivity index (χ2v) is 6.17. The van der Waals surface area contributed by atoms with Crippen molar-refractivity contribution < 1.29 is 23.9 Å². The van der Waals surface area contributed by atoms with Gasteiger partial charge in [0.15, 0.2) is 6.10 Å². The van der Waals surface area contributed by atoms with Gasteiger partial charge in [0.05, 0.1) is 0 Å². The van der Waals surface area contributed by atoms with E-state index in [9.17, 15) is 19.2 Å². The first kappa shape index (κ1) is 18.4. The van der Waals surface area contributed by atoms with Crippen LogP contribution in [-0.2, 0) is 25.5 Å². The Morgan fingerprint density at radius 2 is 1.92 bits per heavy atom.